The topological polar surface area (TPSA) is 29.5 Å². The molecule has 18 heavy (non-hydrogen) atoms. The van der Waals surface area contributed by atoms with Crippen LogP contribution in [0.3, 0.4) is 0 Å². The Morgan fingerprint density at radius 3 is 2.11 bits per heavy atom. The highest BCUT2D eigenvalue weighted by Gasteiger charge is 2.07. The monoisotopic (exact) mass is 249 g/mol. The molecule has 0 aromatic heterocycles. The smallest absolute Gasteiger partial charge is 0.188 e. The maximum absolute atomic E-state index is 11.6. The minimum absolute atomic E-state index is 0.0292. The fraction of sp³-hybridized carbons (Fsp3) is 0.533. The van der Waals surface area contributed by atoms with Gasteiger partial charge in [-0.15, -0.1) is 0 Å². The Bertz CT molecular complexity index is 353. The summed E-state index contributed by atoms with van der Waals surface area (Å²) in [7, 11) is 1.54. The molecule has 1 aromatic rings. The molecule has 0 amide bonds. The van der Waals surface area contributed by atoms with Crippen molar-refractivity contribution in [2.24, 2.45) is 0 Å². The van der Waals surface area contributed by atoms with Gasteiger partial charge in [-0.05, 0) is 37.1 Å². The van der Waals surface area contributed by atoms with Gasteiger partial charge < -0.3 is 9.64 Å². The van der Waals surface area contributed by atoms with Crippen molar-refractivity contribution < 1.29 is 9.53 Å². The molecule has 0 radical (unpaired) electrons. The molecule has 0 unspecified atom stereocenters. The zero-order chi connectivity index (χ0) is 13.4. The van der Waals surface area contributed by atoms with Crippen molar-refractivity contribution in [3.05, 3.63) is 29.8 Å². The van der Waals surface area contributed by atoms with Crippen LogP contribution in [0.25, 0.3) is 0 Å². The molecule has 0 N–H and O–H groups in total. The molecule has 3 nitrogen and oxygen atoms in total. The van der Waals surface area contributed by atoms with Gasteiger partial charge in [-0.3, -0.25) is 4.79 Å². The highest BCUT2D eigenvalue weighted by atomic mass is 16.5. The van der Waals surface area contributed by atoms with Gasteiger partial charge in [0.15, 0.2) is 5.78 Å². The van der Waals surface area contributed by atoms with Gasteiger partial charge in [0.2, 0.25) is 0 Å². The van der Waals surface area contributed by atoms with Crippen molar-refractivity contribution >= 4 is 11.5 Å². The fourth-order valence-electron chi connectivity index (χ4n) is 1.98. The summed E-state index contributed by atoms with van der Waals surface area (Å²) in [6, 6.07) is 7.81. The van der Waals surface area contributed by atoms with E-state index in [9.17, 15) is 4.79 Å². The van der Waals surface area contributed by atoms with Gasteiger partial charge in [-0.25, -0.2) is 0 Å². The maximum atomic E-state index is 11.6. The number of hydrogen-bond donors (Lipinski definition) is 0. The van der Waals surface area contributed by atoms with E-state index in [1.807, 2.05) is 24.3 Å². The molecule has 0 saturated carbocycles. The number of rotatable bonds is 8. The molecule has 1 aromatic carbocycles. The molecular formula is C15H23NO2. The number of carbonyl (C=O) groups is 1. The molecule has 0 saturated heterocycles. The molecule has 0 spiro atoms. The molecule has 0 heterocycles. The molecule has 100 valence electrons. The van der Waals surface area contributed by atoms with Crippen LogP contribution >= 0.6 is 0 Å². The van der Waals surface area contributed by atoms with Crippen molar-refractivity contribution in [2.75, 3.05) is 31.7 Å². The number of Topliss-reactive ketones (excluding diaryl/α,β-unsaturated/α-hetero) is 1. The molecule has 0 aliphatic heterocycles. The zero-order valence-electron chi connectivity index (χ0n) is 11.6. The van der Waals surface area contributed by atoms with E-state index in [2.05, 4.69) is 18.7 Å². The summed E-state index contributed by atoms with van der Waals surface area (Å²) in [5.74, 6) is 0.0292. The van der Waals surface area contributed by atoms with Gasteiger partial charge in [0.25, 0.3) is 0 Å². The van der Waals surface area contributed by atoms with Crippen LogP contribution in [0.4, 0.5) is 5.69 Å². The standard InChI is InChI=1S/C15H23NO2/c1-4-10-16(11-5-2)14-8-6-13(7-9-14)15(17)12-18-3/h6-9H,4-5,10-12H2,1-3H3. The average molecular weight is 249 g/mol. The summed E-state index contributed by atoms with van der Waals surface area (Å²) >= 11 is 0. The Kier molecular flexibility index (Phi) is 6.44. The summed E-state index contributed by atoms with van der Waals surface area (Å²) in [6.07, 6.45) is 2.26. The van der Waals surface area contributed by atoms with Crippen LogP contribution in [0.2, 0.25) is 0 Å². The number of ketones is 1. The lowest BCUT2D eigenvalue weighted by molar-refractivity contribution is 0.0848. The Balaban J connectivity index is 2.76. The summed E-state index contributed by atoms with van der Waals surface area (Å²) < 4.78 is 4.85. The lowest BCUT2D eigenvalue weighted by Gasteiger charge is -2.23. The number of carbonyl (C=O) groups excluding carboxylic acids is 1. The van der Waals surface area contributed by atoms with Crippen LogP contribution in [0.15, 0.2) is 24.3 Å². The third-order valence-corrected chi connectivity index (χ3v) is 2.82. The second-order valence-electron chi connectivity index (χ2n) is 4.39. The second kappa shape index (κ2) is 7.88. The maximum Gasteiger partial charge on any atom is 0.188 e. The number of benzene rings is 1. The minimum Gasteiger partial charge on any atom is -0.377 e. The number of methoxy groups -OCH3 is 1. The van der Waals surface area contributed by atoms with E-state index in [4.69, 9.17) is 4.74 Å². The molecule has 3 heteroatoms. The van der Waals surface area contributed by atoms with Crippen LogP contribution in [-0.2, 0) is 4.74 Å². The first-order valence-corrected chi connectivity index (χ1v) is 6.60. The number of ether oxygens (including phenoxy) is 1. The highest BCUT2D eigenvalue weighted by molar-refractivity contribution is 5.97. The van der Waals surface area contributed by atoms with Gasteiger partial charge >= 0.3 is 0 Å². The van der Waals surface area contributed by atoms with E-state index in [-0.39, 0.29) is 12.4 Å². The van der Waals surface area contributed by atoms with E-state index in [1.165, 1.54) is 12.8 Å². The van der Waals surface area contributed by atoms with Gasteiger partial charge in [0, 0.05) is 31.5 Å². The van der Waals surface area contributed by atoms with Gasteiger partial charge in [-0.2, -0.15) is 0 Å². The zero-order valence-corrected chi connectivity index (χ0v) is 11.6. The average Bonchev–Trinajstić information content (AvgIpc) is 2.39. The molecule has 0 bridgehead atoms. The van der Waals surface area contributed by atoms with Crippen molar-refractivity contribution in [3.63, 3.8) is 0 Å². The van der Waals surface area contributed by atoms with E-state index in [0.29, 0.717) is 5.56 Å². The first-order chi connectivity index (χ1) is 8.72. The Hall–Kier alpha value is -1.35. The van der Waals surface area contributed by atoms with Crippen molar-refractivity contribution in [1.82, 2.24) is 0 Å². The van der Waals surface area contributed by atoms with Crippen molar-refractivity contribution in [2.45, 2.75) is 26.7 Å². The predicted molar refractivity (Wildman–Crippen MR) is 75.4 cm³/mol. The van der Waals surface area contributed by atoms with Gasteiger partial charge in [-0.1, -0.05) is 13.8 Å². The van der Waals surface area contributed by atoms with Crippen LogP contribution in [0.5, 0.6) is 0 Å². The third-order valence-electron chi connectivity index (χ3n) is 2.82. The fourth-order valence-corrected chi connectivity index (χ4v) is 1.98. The van der Waals surface area contributed by atoms with Gasteiger partial charge in [0.1, 0.15) is 6.61 Å². The molecular weight excluding hydrogens is 226 g/mol. The Morgan fingerprint density at radius 1 is 1.11 bits per heavy atom. The van der Waals surface area contributed by atoms with E-state index in [1.54, 1.807) is 0 Å². The predicted octanol–water partition coefficient (Wildman–Crippen LogP) is 3.14. The van der Waals surface area contributed by atoms with Crippen LogP contribution in [0.1, 0.15) is 37.0 Å². The molecule has 0 fully saturated rings. The Labute approximate surface area is 110 Å². The van der Waals surface area contributed by atoms with E-state index >= 15 is 0 Å². The minimum atomic E-state index is 0.0292. The SMILES string of the molecule is CCCN(CCC)c1ccc(C(=O)COC)cc1. The molecule has 0 aliphatic rings. The second-order valence-corrected chi connectivity index (χ2v) is 4.39. The summed E-state index contributed by atoms with van der Waals surface area (Å²) in [5, 5.41) is 0. The summed E-state index contributed by atoms with van der Waals surface area (Å²) in [4.78, 5) is 14.0. The van der Waals surface area contributed by atoms with Gasteiger partial charge in [0.05, 0.1) is 0 Å². The van der Waals surface area contributed by atoms with Crippen LogP contribution < -0.4 is 4.90 Å². The lowest BCUT2D eigenvalue weighted by atomic mass is 10.1. The van der Waals surface area contributed by atoms with Crippen molar-refractivity contribution in [3.8, 4) is 0 Å². The number of nitrogens with zero attached hydrogens (tertiary/aromatic N) is 1. The quantitative estimate of drug-likeness (QED) is 0.663. The summed E-state index contributed by atoms with van der Waals surface area (Å²) in [6.45, 7) is 6.61. The molecule has 0 atom stereocenters. The van der Waals surface area contributed by atoms with E-state index < -0.39 is 0 Å². The molecule has 1 rings (SSSR count). The number of anilines is 1. The largest absolute Gasteiger partial charge is 0.377 e. The van der Waals surface area contributed by atoms with Crippen LogP contribution in [-0.4, -0.2) is 32.6 Å². The van der Waals surface area contributed by atoms with E-state index in [0.717, 1.165) is 25.9 Å². The normalized spacial score (nSPS) is 10.4. The third kappa shape index (κ3) is 4.15. The van der Waals surface area contributed by atoms with Crippen molar-refractivity contribution in [1.29, 1.82) is 0 Å². The Morgan fingerprint density at radius 2 is 1.67 bits per heavy atom. The van der Waals surface area contributed by atoms with Crippen LogP contribution in [0, 0.1) is 0 Å². The number of hydrogen-bond acceptors (Lipinski definition) is 3. The first-order valence-electron chi connectivity index (χ1n) is 6.60. The first kappa shape index (κ1) is 14.7. The lowest BCUT2D eigenvalue weighted by Crippen LogP contribution is -2.24. The summed E-state index contributed by atoms with van der Waals surface area (Å²) in [5.41, 5.74) is 1.90. The highest BCUT2D eigenvalue weighted by Crippen LogP contribution is 2.16. The molecule has 0 aliphatic carbocycles.